The van der Waals surface area contributed by atoms with Gasteiger partial charge in [0.15, 0.2) is 0 Å². The smallest absolute Gasteiger partial charge is 0.410 e. The first-order valence-electron chi connectivity index (χ1n) is 11.4. The van der Waals surface area contributed by atoms with Gasteiger partial charge in [-0.25, -0.2) is 4.79 Å². The Kier molecular flexibility index (Phi) is 8.16. The fourth-order valence-electron chi connectivity index (χ4n) is 3.71. The predicted molar refractivity (Wildman–Crippen MR) is 130 cm³/mol. The van der Waals surface area contributed by atoms with Gasteiger partial charge in [-0.05, 0) is 75.9 Å². The first-order chi connectivity index (χ1) is 16.3. The van der Waals surface area contributed by atoms with Crippen molar-refractivity contribution in [3.8, 4) is 23.6 Å². The van der Waals surface area contributed by atoms with Gasteiger partial charge in [0.05, 0.1) is 12.1 Å². The molecule has 2 aromatic carbocycles. The van der Waals surface area contributed by atoms with E-state index in [1.54, 1.807) is 16.0 Å². The summed E-state index contributed by atoms with van der Waals surface area (Å²) >= 11 is 0. The molecule has 1 saturated heterocycles. The highest BCUT2D eigenvalue weighted by Crippen LogP contribution is 2.28. The van der Waals surface area contributed by atoms with Crippen molar-refractivity contribution in [2.45, 2.75) is 39.2 Å². The Morgan fingerprint density at radius 1 is 1.06 bits per heavy atom. The van der Waals surface area contributed by atoms with Crippen molar-refractivity contribution in [3.05, 3.63) is 66.4 Å². The van der Waals surface area contributed by atoms with Crippen LogP contribution in [0.4, 0.5) is 10.5 Å². The van der Waals surface area contributed by atoms with Crippen LogP contribution in [0, 0.1) is 28.6 Å². The molecule has 0 radical (unpaired) electrons. The lowest BCUT2D eigenvalue weighted by atomic mass is 9.90. The third-order valence-corrected chi connectivity index (χ3v) is 5.40. The minimum absolute atomic E-state index is 0.0190. The van der Waals surface area contributed by atoms with Crippen molar-refractivity contribution in [2.75, 3.05) is 24.5 Å². The molecule has 0 unspecified atom stereocenters. The summed E-state index contributed by atoms with van der Waals surface area (Å²) in [6.07, 6.45) is 2.77. The fourth-order valence-corrected chi connectivity index (χ4v) is 3.71. The van der Waals surface area contributed by atoms with E-state index in [-0.39, 0.29) is 18.6 Å². The Hall–Kier alpha value is -3.97. The maximum absolute atomic E-state index is 12.3. The van der Waals surface area contributed by atoms with Crippen LogP contribution in [0.5, 0.6) is 11.5 Å². The van der Waals surface area contributed by atoms with Crippen LogP contribution >= 0.6 is 0 Å². The monoisotopic (exact) mass is 458 g/mol. The maximum Gasteiger partial charge on any atom is 0.410 e. The molecule has 0 aliphatic carbocycles. The predicted octanol–water partition coefficient (Wildman–Crippen LogP) is 5.86. The van der Waals surface area contributed by atoms with Crippen LogP contribution in [0.15, 0.2) is 66.4 Å². The van der Waals surface area contributed by atoms with Crippen molar-refractivity contribution in [1.82, 2.24) is 4.90 Å². The number of hydrogen-bond donors (Lipinski definition) is 0. The summed E-state index contributed by atoms with van der Waals surface area (Å²) in [5, 5.41) is 19.2. The molecule has 176 valence electrons. The summed E-state index contributed by atoms with van der Waals surface area (Å²) < 4.78 is 11.3. The van der Waals surface area contributed by atoms with E-state index in [0.29, 0.717) is 37.3 Å². The molecule has 0 atom stereocenters. The topological polar surface area (TPSA) is 89.6 Å². The molecule has 0 spiro atoms. The van der Waals surface area contributed by atoms with Crippen molar-refractivity contribution >= 4 is 11.8 Å². The molecular weight excluding hydrogens is 428 g/mol. The maximum atomic E-state index is 12.3. The molecule has 0 N–H and O–H groups in total. The molecular formula is C27H30N4O3. The fraction of sp³-hybridized carbons (Fsp3) is 0.370. The average molecular weight is 459 g/mol. The minimum Gasteiger partial charge on any atom is -0.457 e. The number of carbonyl (C=O) groups excluding carboxylic acids is 1. The first kappa shape index (κ1) is 24.7. The molecule has 2 aromatic rings. The number of nitrogens with zero attached hydrogens (tertiary/aromatic N) is 4. The van der Waals surface area contributed by atoms with E-state index in [9.17, 15) is 15.3 Å². The van der Waals surface area contributed by atoms with Gasteiger partial charge in [0, 0.05) is 30.5 Å². The van der Waals surface area contributed by atoms with Crippen LogP contribution in [0.2, 0.25) is 0 Å². The molecule has 0 aromatic heterocycles. The molecule has 1 fully saturated rings. The first-order valence-corrected chi connectivity index (χ1v) is 11.4. The summed E-state index contributed by atoms with van der Waals surface area (Å²) in [5.74, 6) is 1.45. The third kappa shape index (κ3) is 7.02. The SMILES string of the molecule is CC(C)(C)OC(=O)N1CCC(C(C#N)=CN(CC#N)c2ccc(Oc3ccccc3)cc2)CC1. The minimum atomic E-state index is -0.537. The number of ether oxygens (including phenoxy) is 2. The molecule has 1 amide bonds. The molecule has 1 aliphatic rings. The van der Waals surface area contributed by atoms with E-state index in [2.05, 4.69) is 12.1 Å². The lowest BCUT2D eigenvalue weighted by molar-refractivity contribution is 0.0195. The number of nitriles is 2. The van der Waals surface area contributed by atoms with Gasteiger partial charge in [0.1, 0.15) is 23.6 Å². The summed E-state index contributed by atoms with van der Waals surface area (Å²) in [6, 6.07) is 21.4. The lowest BCUT2D eigenvalue weighted by Crippen LogP contribution is -2.42. The summed E-state index contributed by atoms with van der Waals surface area (Å²) in [4.78, 5) is 15.8. The van der Waals surface area contributed by atoms with Gasteiger partial charge in [-0.1, -0.05) is 18.2 Å². The Bertz CT molecular complexity index is 1070. The third-order valence-electron chi connectivity index (χ3n) is 5.40. The number of amides is 1. The Morgan fingerprint density at radius 2 is 1.68 bits per heavy atom. The largest absolute Gasteiger partial charge is 0.457 e. The normalized spacial score (nSPS) is 14.6. The molecule has 7 heteroatoms. The average Bonchev–Trinajstić information content (AvgIpc) is 2.82. The van der Waals surface area contributed by atoms with E-state index in [1.165, 1.54) is 0 Å². The number of benzene rings is 2. The van der Waals surface area contributed by atoms with Crippen molar-refractivity contribution in [2.24, 2.45) is 5.92 Å². The zero-order chi connectivity index (χ0) is 24.6. The summed E-state index contributed by atoms with van der Waals surface area (Å²) in [6.45, 7) is 6.71. The number of para-hydroxylation sites is 1. The van der Waals surface area contributed by atoms with E-state index >= 15 is 0 Å². The molecule has 1 heterocycles. The number of likely N-dealkylation sites (tertiary alicyclic amines) is 1. The van der Waals surface area contributed by atoms with Crippen LogP contribution in [0.25, 0.3) is 0 Å². The standard InChI is InChI=1S/C27H30N4O3/c1-27(2,3)34-26(32)30-16-13-21(14-17-30)22(19-29)20-31(18-15-28)23-9-11-25(12-10-23)33-24-7-5-4-6-8-24/h4-12,20-21H,13-14,16-18H2,1-3H3. The Balaban J connectivity index is 1.67. The van der Waals surface area contributed by atoms with Crippen molar-refractivity contribution in [3.63, 3.8) is 0 Å². The van der Waals surface area contributed by atoms with Gasteiger partial charge in [0.25, 0.3) is 0 Å². The van der Waals surface area contributed by atoms with Crippen LogP contribution < -0.4 is 9.64 Å². The highest BCUT2D eigenvalue weighted by molar-refractivity contribution is 5.68. The van der Waals surface area contributed by atoms with Crippen LogP contribution in [0.1, 0.15) is 33.6 Å². The van der Waals surface area contributed by atoms with Gasteiger partial charge >= 0.3 is 6.09 Å². The molecule has 34 heavy (non-hydrogen) atoms. The number of hydrogen-bond acceptors (Lipinski definition) is 6. The molecule has 3 rings (SSSR count). The summed E-state index contributed by atoms with van der Waals surface area (Å²) in [7, 11) is 0. The second-order valence-electron chi connectivity index (χ2n) is 9.13. The number of allylic oxidation sites excluding steroid dienone is 1. The summed E-state index contributed by atoms with van der Waals surface area (Å²) in [5.41, 5.74) is 0.857. The molecule has 1 aliphatic heterocycles. The second-order valence-corrected chi connectivity index (χ2v) is 9.13. The molecule has 0 saturated carbocycles. The van der Waals surface area contributed by atoms with E-state index in [4.69, 9.17) is 9.47 Å². The van der Waals surface area contributed by atoms with Crippen molar-refractivity contribution in [1.29, 1.82) is 10.5 Å². The van der Waals surface area contributed by atoms with Gasteiger partial charge in [0.2, 0.25) is 0 Å². The van der Waals surface area contributed by atoms with Gasteiger partial charge in [-0.15, -0.1) is 0 Å². The quantitative estimate of drug-likeness (QED) is 0.398. The van der Waals surface area contributed by atoms with Gasteiger partial charge in [-0.3, -0.25) is 0 Å². The van der Waals surface area contributed by atoms with Crippen LogP contribution in [0.3, 0.4) is 0 Å². The van der Waals surface area contributed by atoms with Crippen LogP contribution in [-0.2, 0) is 4.74 Å². The molecule has 0 bridgehead atoms. The number of anilines is 1. The second kappa shape index (κ2) is 11.2. The van der Waals surface area contributed by atoms with E-state index in [0.717, 1.165) is 11.4 Å². The highest BCUT2D eigenvalue weighted by atomic mass is 16.6. The zero-order valence-corrected chi connectivity index (χ0v) is 19.9. The van der Waals surface area contributed by atoms with Crippen LogP contribution in [-0.4, -0.2) is 36.2 Å². The van der Waals surface area contributed by atoms with Gasteiger partial charge < -0.3 is 19.3 Å². The number of rotatable bonds is 6. The Labute approximate surface area is 201 Å². The van der Waals surface area contributed by atoms with E-state index < -0.39 is 5.60 Å². The molecule has 7 nitrogen and oxygen atoms in total. The lowest BCUT2D eigenvalue weighted by Gasteiger charge is -2.33. The highest BCUT2D eigenvalue weighted by Gasteiger charge is 2.28. The number of carbonyl (C=O) groups is 1. The van der Waals surface area contributed by atoms with Crippen molar-refractivity contribution < 1.29 is 14.3 Å². The van der Waals surface area contributed by atoms with Gasteiger partial charge in [-0.2, -0.15) is 10.5 Å². The zero-order valence-electron chi connectivity index (χ0n) is 19.9. The number of piperidine rings is 1. The van der Waals surface area contributed by atoms with E-state index in [1.807, 2.05) is 75.4 Å². The Morgan fingerprint density at radius 3 is 2.24 bits per heavy atom.